The molecular weight excluding hydrogens is 364 g/mol. The van der Waals surface area contributed by atoms with Gasteiger partial charge in [0.15, 0.2) is 0 Å². The molecule has 0 radical (unpaired) electrons. The normalized spacial score (nSPS) is 11.9. The average Bonchev–Trinajstić information content (AvgIpc) is 2.70. The van der Waals surface area contributed by atoms with Crippen molar-refractivity contribution in [2.75, 3.05) is 10.2 Å². The highest BCUT2D eigenvalue weighted by molar-refractivity contribution is 5.66. The first-order chi connectivity index (χ1) is 14.2. The third-order valence-electron chi connectivity index (χ3n) is 5.63. The lowest BCUT2D eigenvalue weighted by molar-refractivity contribution is 0.829. The van der Waals surface area contributed by atoms with Crippen molar-refractivity contribution in [3.63, 3.8) is 0 Å². The maximum absolute atomic E-state index is 4.10. The Hall–Kier alpha value is -2.48. The van der Waals surface area contributed by atoms with Crippen LogP contribution in [-0.2, 0) is 0 Å². The van der Waals surface area contributed by atoms with Gasteiger partial charge in [-0.1, -0.05) is 98.4 Å². The molecule has 0 saturated heterocycles. The van der Waals surface area contributed by atoms with Crippen LogP contribution in [0.25, 0.3) is 0 Å². The fourth-order valence-corrected chi connectivity index (χ4v) is 3.96. The number of nitrogens with zero attached hydrogens (tertiary/aromatic N) is 1. The maximum atomic E-state index is 4.10. The predicted octanol–water partition coefficient (Wildman–Crippen LogP) is 8.71. The van der Waals surface area contributed by atoms with Gasteiger partial charge >= 0.3 is 0 Å². The van der Waals surface area contributed by atoms with Gasteiger partial charge in [-0.25, -0.2) is 0 Å². The van der Waals surface area contributed by atoms with Gasteiger partial charge in [-0.15, -0.1) is 0 Å². The summed E-state index contributed by atoms with van der Waals surface area (Å²) in [5.74, 6) is 1.81. The molecule has 2 aromatic carbocycles. The van der Waals surface area contributed by atoms with Gasteiger partial charge < -0.3 is 10.2 Å². The van der Waals surface area contributed by atoms with Crippen LogP contribution < -0.4 is 10.2 Å². The molecule has 0 atom stereocenters. The summed E-state index contributed by atoms with van der Waals surface area (Å²) in [6.45, 7) is 22.1. The van der Waals surface area contributed by atoms with Gasteiger partial charge in [0.25, 0.3) is 0 Å². The van der Waals surface area contributed by atoms with E-state index in [0.29, 0.717) is 23.7 Å². The van der Waals surface area contributed by atoms with Gasteiger partial charge in [0.05, 0.1) is 5.69 Å². The van der Waals surface area contributed by atoms with E-state index in [2.05, 4.69) is 121 Å². The molecule has 0 saturated carbocycles. The van der Waals surface area contributed by atoms with Gasteiger partial charge in [0, 0.05) is 24.3 Å². The Morgan fingerprint density at radius 3 is 1.47 bits per heavy atom. The van der Waals surface area contributed by atoms with E-state index >= 15 is 0 Å². The Morgan fingerprint density at radius 1 is 0.700 bits per heavy atom. The summed E-state index contributed by atoms with van der Waals surface area (Å²) < 4.78 is 0. The maximum Gasteiger partial charge on any atom is 0.0518 e. The lowest BCUT2D eigenvalue weighted by Gasteiger charge is -2.26. The highest BCUT2D eigenvalue weighted by Gasteiger charge is 2.17. The Balaban J connectivity index is 2.45. The second kappa shape index (κ2) is 10.5. The Labute approximate surface area is 184 Å². The summed E-state index contributed by atoms with van der Waals surface area (Å²) in [7, 11) is 0. The number of nitrogens with one attached hydrogen (secondary N) is 1. The second-order valence-electron chi connectivity index (χ2n) is 9.27. The SMILES string of the molecule is C=CN(/C=C\Nc1c(C(C)C)cccc1C(C)C)c1c(C(C)C)cccc1C(C)C. The Kier molecular flexibility index (Phi) is 8.34. The molecule has 2 nitrogen and oxygen atoms in total. The highest BCUT2D eigenvalue weighted by atomic mass is 15.1. The number of hydrogen-bond donors (Lipinski definition) is 1. The molecule has 1 N–H and O–H groups in total. The summed E-state index contributed by atoms with van der Waals surface area (Å²) in [4.78, 5) is 2.16. The molecule has 0 spiro atoms. The first-order valence-electron chi connectivity index (χ1n) is 11.3. The monoisotopic (exact) mass is 404 g/mol. The van der Waals surface area contributed by atoms with E-state index < -0.39 is 0 Å². The number of hydrogen-bond acceptors (Lipinski definition) is 2. The largest absolute Gasteiger partial charge is 0.360 e. The van der Waals surface area contributed by atoms with E-state index in [4.69, 9.17) is 0 Å². The van der Waals surface area contributed by atoms with Crippen molar-refractivity contribution in [1.29, 1.82) is 0 Å². The topological polar surface area (TPSA) is 15.3 Å². The Bertz CT molecular complexity index is 820. The van der Waals surface area contributed by atoms with E-state index in [1.807, 2.05) is 6.20 Å². The molecule has 0 fully saturated rings. The van der Waals surface area contributed by atoms with Crippen molar-refractivity contribution < 1.29 is 0 Å². The third kappa shape index (κ3) is 5.36. The first kappa shape index (κ1) is 23.8. The second-order valence-corrected chi connectivity index (χ2v) is 9.27. The average molecular weight is 405 g/mol. The van der Waals surface area contributed by atoms with Gasteiger partial charge in [0.2, 0.25) is 0 Å². The smallest absolute Gasteiger partial charge is 0.0518 e. The van der Waals surface area contributed by atoms with Gasteiger partial charge in [-0.2, -0.15) is 0 Å². The van der Waals surface area contributed by atoms with Gasteiger partial charge in [-0.3, -0.25) is 0 Å². The van der Waals surface area contributed by atoms with E-state index in [1.165, 1.54) is 33.6 Å². The van der Waals surface area contributed by atoms with Crippen molar-refractivity contribution in [3.8, 4) is 0 Å². The molecule has 30 heavy (non-hydrogen) atoms. The van der Waals surface area contributed by atoms with Crippen LogP contribution in [-0.4, -0.2) is 0 Å². The van der Waals surface area contributed by atoms with E-state index in [-0.39, 0.29) is 0 Å². The predicted molar refractivity (Wildman–Crippen MR) is 135 cm³/mol. The molecule has 0 aromatic heterocycles. The summed E-state index contributed by atoms with van der Waals surface area (Å²) in [6, 6.07) is 13.3. The van der Waals surface area contributed by atoms with Crippen LogP contribution in [0.5, 0.6) is 0 Å². The summed E-state index contributed by atoms with van der Waals surface area (Å²) >= 11 is 0. The van der Waals surface area contributed by atoms with E-state index in [1.54, 1.807) is 0 Å². The minimum Gasteiger partial charge on any atom is -0.360 e. The van der Waals surface area contributed by atoms with E-state index in [0.717, 1.165) is 0 Å². The molecule has 2 heteroatoms. The minimum atomic E-state index is 0.441. The lowest BCUT2D eigenvalue weighted by atomic mass is 9.92. The van der Waals surface area contributed by atoms with Gasteiger partial charge in [-0.05, 0) is 45.9 Å². The summed E-state index contributed by atoms with van der Waals surface area (Å²) in [5.41, 5.74) is 7.86. The zero-order valence-electron chi connectivity index (χ0n) is 20.2. The summed E-state index contributed by atoms with van der Waals surface area (Å²) in [5, 5.41) is 3.61. The van der Waals surface area contributed by atoms with Crippen LogP contribution in [0.15, 0.2) is 61.6 Å². The number of anilines is 2. The highest BCUT2D eigenvalue weighted by Crippen LogP contribution is 2.36. The van der Waals surface area contributed by atoms with Crippen LogP contribution in [0.2, 0.25) is 0 Å². The first-order valence-corrected chi connectivity index (χ1v) is 11.3. The summed E-state index contributed by atoms with van der Waals surface area (Å²) in [6.07, 6.45) is 6.06. The molecule has 2 aromatic rings. The zero-order valence-corrected chi connectivity index (χ0v) is 20.2. The lowest BCUT2D eigenvalue weighted by Crippen LogP contribution is -2.14. The quantitative estimate of drug-likeness (QED) is 0.449. The van der Waals surface area contributed by atoms with Crippen LogP contribution in [0.3, 0.4) is 0 Å². The van der Waals surface area contributed by atoms with Crippen molar-refractivity contribution in [3.05, 3.63) is 83.8 Å². The van der Waals surface area contributed by atoms with Crippen LogP contribution in [0, 0.1) is 0 Å². The van der Waals surface area contributed by atoms with Crippen molar-refractivity contribution >= 4 is 11.4 Å². The van der Waals surface area contributed by atoms with E-state index in [9.17, 15) is 0 Å². The van der Waals surface area contributed by atoms with Crippen LogP contribution in [0.4, 0.5) is 11.4 Å². The number of rotatable bonds is 9. The van der Waals surface area contributed by atoms with Crippen LogP contribution in [0.1, 0.15) is 101 Å². The zero-order chi connectivity index (χ0) is 22.4. The minimum absolute atomic E-state index is 0.441. The number of benzene rings is 2. The number of para-hydroxylation sites is 2. The molecule has 0 aliphatic carbocycles. The molecule has 0 aliphatic rings. The standard InChI is InChI=1S/C28H40N2/c1-10-30(28-25(21(6)7)15-12-16-26(28)22(8)9)18-17-29-27-23(19(2)3)13-11-14-24(27)20(4)5/h10-22,29H,1H2,2-9H3/b18-17-. The fraction of sp³-hybridized carbons (Fsp3) is 0.429. The molecule has 0 aliphatic heterocycles. The molecule has 0 amide bonds. The molecule has 162 valence electrons. The van der Waals surface area contributed by atoms with Crippen molar-refractivity contribution in [1.82, 2.24) is 0 Å². The third-order valence-corrected chi connectivity index (χ3v) is 5.63. The molecule has 0 unspecified atom stereocenters. The van der Waals surface area contributed by atoms with Gasteiger partial charge in [0.1, 0.15) is 0 Å². The molecule has 0 heterocycles. The molecular formula is C28H40N2. The van der Waals surface area contributed by atoms with Crippen molar-refractivity contribution in [2.45, 2.75) is 79.1 Å². The molecule has 2 rings (SSSR count). The fourth-order valence-electron chi connectivity index (χ4n) is 3.96. The van der Waals surface area contributed by atoms with Crippen molar-refractivity contribution in [2.24, 2.45) is 0 Å². The molecule has 0 bridgehead atoms. The Morgan fingerprint density at radius 2 is 1.10 bits per heavy atom. The van der Waals surface area contributed by atoms with Crippen LogP contribution >= 0.6 is 0 Å².